The van der Waals surface area contributed by atoms with Gasteiger partial charge in [0.1, 0.15) is 0 Å². The van der Waals surface area contributed by atoms with E-state index >= 15 is 0 Å². The second-order valence-electron chi connectivity index (χ2n) is 3.01. The van der Waals surface area contributed by atoms with Gasteiger partial charge in [0.25, 0.3) is 0 Å². The van der Waals surface area contributed by atoms with Gasteiger partial charge in [0, 0.05) is 28.7 Å². The van der Waals surface area contributed by atoms with Crippen molar-refractivity contribution in [2.45, 2.75) is 6.42 Å². The summed E-state index contributed by atoms with van der Waals surface area (Å²) in [4.78, 5) is 11.6. The maximum absolute atomic E-state index is 11.6. The zero-order chi connectivity index (χ0) is 10.6. The van der Waals surface area contributed by atoms with Gasteiger partial charge in [-0.2, -0.15) is 0 Å². The first kappa shape index (κ1) is 11.2. The van der Waals surface area contributed by atoms with E-state index in [9.17, 15) is 4.79 Å². The number of hydrogen-bond acceptors (Lipinski definition) is 3. The molecule has 14 heavy (non-hydrogen) atoms. The Morgan fingerprint density at radius 1 is 1.57 bits per heavy atom. The Hall–Kier alpha value is -0.870. The SMILES string of the molecule is CNCCC(=O)c1ccc(Br)cc1N. The molecule has 0 atom stereocenters. The van der Waals surface area contributed by atoms with Gasteiger partial charge in [-0.25, -0.2) is 0 Å². The molecule has 1 aromatic rings. The fraction of sp³-hybridized carbons (Fsp3) is 0.300. The molecule has 0 aliphatic carbocycles. The lowest BCUT2D eigenvalue weighted by Crippen LogP contribution is -2.14. The van der Waals surface area contributed by atoms with Crippen molar-refractivity contribution in [1.29, 1.82) is 0 Å². The van der Waals surface area contributed by atoms with Crippen molar-refractivity contribution in [1.82, 2.24) is 5.32 Å². The quantitative estimate of drug-likeness (QED) is 0.639. The summed E-state index contributed by atoms with van der Waals surface area (Å²) in [7, 11) is 1.82. The molecule has 0 spiro atoms. The summed E-state index contributed by atoms with van der Waals surface area (Å²) in [6.45, 7) is 0.675. The van der Waals surface area contributed by atoms with Crippen LogP contribution in [-0.4, -0.2) is 19.4 Å². The number of nitrogen functional groups attached to an aromatic ring is 1. The molecule has 0 aromatic heterocycles. The zero-order valence-electron chi connectivity index (χ0n) is 8.01. The van der Waals surface area contributed by atoms with E-state index in [1.807, 2.05) is 13.1 Å². The molecule has 1 rings (SSSR count). The highest BCUT2D eigenvalue weighted by Gasteiger charge is 2.08. The highest BCUT2D eigenvalue weighted by atomic mass is 79.9. The molecule has 0 heterocycles. The minimum Gasteiger partial charge on any atom is -0.398 e. The monoisotopic (exact) mass is 256 g/mol. The number of ketones is 1. The lowest BCUT2D eigenvalue weighted by molar-refractivity contribution is 0.0984. The fourth-order valence-electron chi connectivity index (χ4n) is 1.16. The maximum Gasteiger partial charge on any atom is 0.166 e. The van der Waals surface area contributed by atoms with Crippen molar-refractivity contribution in [3.63, 3.8) is 0 Å². The number of rotatable bonds is 4. The van der Waals surface area contributed by atoms with Crippen LogP contribution in [0.5, 0.6) is 0 Å². The predicted molar refractivity (Wildman–Crippen MR) is 61.4 cm³/mol. The third-order valence-electron chi connectivity index (χ3n) is 1.92. The molecule has 0 unspecified atom stereocenters. The first-order chi connectivity index (χ1) is 6.65. The molecular weight excluding hydrogens is 244 g/mol. The Kier molecular flexibility index (Phi) is 4.10. The average molecular weight is 257 g/mol. The summed E-state index contributed by atoms with van der Waals surface area (Å²) >= 11 is 3.29. The molecule has 0 aliphatic heterocycles. The maximum atomic E-state index is 11.6. The third kappa shape index (κ3) is 2.82. The van der Waals surface area contributed by atoms with Crippen LogP contribution in [0.3, 0.4) is 0 Å². The Bertz CT molecular complexity index is 339. The molecule has 3 nitrogen and oxygen atoms in total. The van der Waals surface area contributed by atoms with Gasteiger partial charge < -0.3 is 11.1 Å². The number of carbonyl (C=O) groups is 1. The van der Waals surface area contributed by atoms with E-state index in [0.717, 1.165) is 4.47 Å². The molecule has 0 amide bonds. The topological polar surface area (TPSA) is 55.1 Å². The second kappa shape index (κ2) is 5.12. The van der Waals surface area contributed by atoms with Crippen molar-refractivity contribution in [3.8, 4) is 0 Å². The van der Waals surface area contributed by atoms with Crippen LogP contribution in [-0.2, 0) is 0 Å². The molecule has 0 bridgehead atoms. The number of nitrogens with one attached hydrogen (secondary N) is 1. The van der Waals surface area contributed by atoms with E-state index in [2.05, 4.69) is 21.2 Å². The van der Waals surface area contributed by atoms with Gasteiger partial charge in [0.15, 0.2) is 5.78 Å². The molecule has 0 saturated carbocycles. The number of anilines is 1. The number of carbonyl (C=O) groups excluding carboxylic acids is 1. The van der Waals surface area contributed by atoms with Gasteiger partial charge in [-0.15, -0.1) is 0 Å². The lowest BCUT2D eigenvalue weighted by Gasteiger charge is -2.04. The third-order valence-corrected chi connectivity index (χ3v) is 2.41. The molecule has 0 radical (unpaired) electrons. The molecule has 0 saturated heterocycles. The van der Waals surface area contributed by atoms with Gasteiger partial charge in [0.05, 0.1) is 0 Å². The summed E-state index contributed by atoms with van der Waals surface area (Å²) in [5, 5.41) is 2.93. The first-order valence-electron chi connectivity index (χ1n) is 4.38. The highest BCUT2D eigenvalue weighted by Crippen LogP contribution is 2.19. The second-order valence-corrected chi connectivity index (χ2v) is 3.92. The van der Waals surface area contributed by atoms with Crippen molar-refractivity contribution in [2.75, 3.05) is 19.3 Å². The number of hydrogen-bond donors (Lipinski definition) is 2. The van der Waals surface area contributed by atoms with Crippen LogP contribution in [0, 0.1) is 0 Å². The van der Waals surface area contributed by atoms with Gasteiger partial charge in [-0.1, -0.05) is 15.9 Å². The largest absolute Gasteiger partial charge is 0.398 e. The fourth-order valence-corrected chi connectivity index (χ4v) is 1.54. The number of Topliss-reactive ketones (excluding diaryl/α,β-unsaturated/α-hetero) is 1. The smallest absolute Gasteiger partial charge is 0.166 e. The van der Waals surface area contributed by atoms with Gasteiger partial charge in [0.2, 0.25) is 0 Å². The Morgan fingerprint density at radius 2 is 2.29 bits per heavy atom. The molecule has 0 aliphatic rings. The molecule has 3 N–H and O–H groups in total. The van der Waals surface area contributed by atoms with Gasteiger partial charge >= 0.3 is 0 Å². The van der Waals surface area contributed by atoms with E-state index < -0.39 is 0 Å². The molecule has 1 aromatic carbocycles. The molecule has 0 fully saturated rings. The van der Waals surface area contributed by atoms with Crippen LogP contribution < -0.4 is 11.1 Å². The van der Waals surface area contributed by atoms with E-state index in [1.54, 1.807) is 12.1 Å². The van der Waals surface area contributed by atoms with E-state index in [0.29, 0.717) is 24.2 Å². The molecular formula is C10H13BrN2O. The molecule has 4 heteroatoms. The predicted octanol–water partition coefficient (Wildman–Crippen LogP) is 1.82. The van der Waals surface area contributed by atoms with Crippen molar-refractivity contribution < 1.29 is 4.79 Å². The van der Waals surface area contributed by atoms with E-state index in [-0.39, 0.29) is 5.78 Å². The minimum absolute atomic E-state index is 0.0735. The molecule has 76 valence electrons. The van der Waals surface area contributed by atoms with Crippen LogP contribution in [0.1, 0.15) is 16.8 Å². The van der Waals surface area contributed by atoms with Crippen molar-refractivity contribution >= 4 is 27.4 Å². The summed E-state index contributed by atoms with van der Waals surface area (Å²) in [6, 6.07) is 5.31. The van der Waals surface area contributed by atoms with Crippen LogP contribution in [0.2, 0.25) is 0 Å². The summed E-state index contributed by atoms with van der Waals surface area (Å²) in [5.41, 5.74) is 6.85. The van der Waals surface area contributed by atoms with Crippen molar-refractivity contribution in [3.05, 3.63) is 28.2 Å². The standard InChI is InChI=1S/C10H13BrN2O/c1-13-5-4-10(14)8-3-2-7(11)6-9(8)12/h2-3,6,13H,4-5,12H2,1H3. The summed E-state index contributed by atoms with van der Waals surface area (Å²) in [6.07, 6.45) is 0.475. The van der Waals surface area contributed by atoms with E-state index in [4.69, 9.17) is 5.73 Å². The Balaban J connectivity index is 2.80. The minimum atomic E-state index is 0.0735. The average Bonchev–Trinajstić information content (AvgIpc) is 2.14. The van der Waals surface area contributed by atoms with Gasteiger partial charge in [-0.05, 0) is 25.2 Å². The first-order valence-corrected chi connectivity index (χ1v) is 5.17. The van der Waals surface area contributed by atoms with Crippen molar-refractivity contribution in [2.24, 2.45) is 0 Å². The van der Waals surface area contributed by atoms with Crippen LogP contribution in [0.4, 0.5) is 5.69 Å². The Morgan fingerprint density at radius 3 is 2.86 bits per heavy atom. The highest BCUT2D eigenvalue weighted by molar-refractivity contribution is 9.10. The zero-order valence-corrected chi connectivity index (χ0v) is 9.60. The van der Waals surface area contributed by atoms with Crippen LogP contribution in [0.15, 0.2) is 22.7 Å². The number of halogens is 1. The van der Waals surface area contributed by atoms with Gasteiger partial charge in [-0.3, -0.25) is 4.79 Å². The van der Waals surface area contributed by atoms with Crippen LogP contribution in [0.25, 0.3) is 0 Å². The normalized spacial score (nSPS) is 10.1. The number of nitrogens with two attached hydrogens (primary N) is 1. The van der Waals surface area contributed by atoms with E-state index in [1.165, 1.54) is 0 Å². The van der Waals surface area contributed by atoms with Crippen LogP contribution >= 0.6 is 15.9 Å². The summed E-state index contributed by atoms with van der Waals surface area (Å²) < 4.78 is 0.889. The Labute approximate surface area is 91.8 Å². The lowest BCUT2D eigenvalue weighted by atomic mass is 10.1. The number of benzene rings is 1. The summed E-state index contributed by atoms with van der Waals surface area (Å²) in [5.74, 6) is 0.0735.